The largest absolute Gasteiger partial charge is 0.477 e. The van der Waals surface area contributed by atoms with Crippen molar-refractivity contribution in [2.24, 2.45) is 0 Å². The first-order valence-electron chi connectivity index (χ1n) is 11.8. The van der Waals surface area contributed by atoms with Crippen molar-refractivity contribution >= 4 is 57.1 Å². The van der Waals surface area contributed by atoms with Gasteiger partial charge in [0, 0.05) is 29.2 Å². The highest BCUT2D eigenvalue weighted by Crippen LogP contribution is 2.21. The molecule has 0 aliphatic rings. The molecule has 0 fully saturated rings. The topological polar surface area (TPSA) is 111 Å². The molecule has 0 atom stereocenters. The number of fused-ring (bicyclic) bond motifs is 2. The predicted molar refractivity (Wildman–Crippen MR) is 148 cm³/mol. The standard InChI is InChI=1S/C30H22ClN3O4/c31-25-16-21(28(35)33-17-22-6-3-7-26-23(22)12-13-32-26)10-11-24(25)29(36)34-27(30(37)38)15-18-8-9-19-4-1-2-5-20(19)14-18/h1-16,32H,17H2,(H,33,35)(H,34,36)(H,37,38)/b27-15-. The zero-order valence-corrected chi connectivity index (χ0v) is 20.8. The van der Waals surface area contributed by atoms with Crippen LogP contribution in [0.25, 0.3) is 27.8 Å². The van der Waals surface area contributed by atoms with Crippen LogP contribution >= 0.6 is 11.6 Å². The second-order valence-electron chi connectivity index (χ2n) is 8.66. The van der Waals surface area contributed by atoms with E-state index >= 15 is 0 Å². The van der Waals surface area contributed by atoms with Crippen molar-refractivity contribution in [3.63, 3.8) is 0 Å². The minimum Gasteiger partial charge on any atom is -0.477 e. The van der Waals surface area contributed by atoms with Gasteiger partial charge in [-0.25, -0.2) is 4.79 Å². The Hall–Kier alpha value is -4.88. The van der Waals surface area contributed by atoms with E-state index in [2.05, 4.69) is 15.6 Å². The molecule has 188 valence electrons. The molecule has 0 aliphatic carbocycles. The van der Waals surface area contributed by atoms with Gasteiger partial charge in [-0.15, -0.1) is 0 Å². The molecule has 8 heteroatoms. The minimum atomic E-state index is -1.30. The van der Waals surface area contributed by atoms with E-state index in [1.54, 1.807) is 6.07 Å². The summed E-state index contributed by atoms with van der Waals surface area (Å²) >= 11 is 6.33. The van der Waals surface area contributed by atoms with Crippen LogP contribution in [0.4, 0.5) is 0 Å². The van der Waals surface area contributed by atoms with Crippen molar-refractivity contribution < 1.29 is 19.5 Å². The average molecular weight is 524 g/mol. The summed E-state index contributed by atoms with van der Waals surface area (Å²) in [6.45, 7) is 0.315. The normalized spacial score (nSPS) is 11.4. The molecule has 2 amide bonds. The van der Waals surface area contributed by atoms with Crippen molar-refractivity contribution in [3.8, 4) is 0 Å². The average Bonchev–Trinajstić information content (AvgIpc) is 3.40. The summed E-state index contributed by atoms with van der Waals surface area (Å²) in [5.74, 6) is -2.35. The number of carbonyl (C=O) groups excluding carboxylic acids is 2. The summed E-state index contributed by atoms with van der Waals surface area (Å²) < 4.78 is 0. The van der Waals surface area contributed by atoms with Crippen LogP contribution in [-0.2, 0) is 11.3 Å². The summed E-state index contributed by atoms with van der Waals surface area (Å²) in [7, 11) is 0. The van der Waals surface area contributed by atoms with Crippen molar-refractivity contribution in [2.45, 2.75) is 6.54 Å². The van der Waals surface area contributed by atoms with E-state index in [-0.39, 0.29) is 27.8 Å². The number of aromatic nitrogens is 1. The van der Waals surface area contributed by atoms with Gasteiger partial charge in [-0.1, -0.05) is 60.1 Å². The molecule has 5 rings (SSSR count). The second kappa shape index (κ2) is 10.6. The fourth-order valence-corrected chi connectivity index (χ4v) is 4.49. The molecule has 1 aromatic heterocycles. The number of carboxylic acids is 1. The maximum atomic E-state index is 12.9. The summed E-state index contributed by atoms with van der Waals surface area (Å²) in [4.78, 5) is 40.6. The minimum absolute atomic E-state index is 0.0262. The Morgan fingerprint density at radius 2 is 1.68 bits per heavy atom. The number of aliphatic carboxylic acids is 1. The molecule has 0 spiro atoms. The van der Waals surface area contributed by atoms with E-state index < -0.39 is 11.9 Å². The molecule has 0 saturated carbocycles. The smallest absolute Gasteiger partial charge is 0.352 e. The third-order valence-corrected chi connectivity index (χ3v) is 6.48. The Kier molecular flexibility index (Phi) is 6.93. The Morgan fingerprint density at radius 1 is 0.868 bits per heavy atom. The molecule has 0 unspecified atom stereocenters. The van der Waals surface area contributed by atoms with Crippen LogP contribution in [0.3, 0.4) is 0 Å². The zero-order chi connectivity index (χ0) is 26.6. The lowest BCUT2D eigenvalue weighted by Crippen LogP contribution is -2.28. The van der Waals surface area contributed by atoms with E-state index in [0.717, 1.165) is 27.2 Å². The van der Waals surface area contributed by atoms with Crippen molar-refractivity contribution in [3.05, 3.63) is 124 Å². The number of rotatable bonds is 7. The third kappa shape index (κ3) is 5.28. The van der Waals surface area contributed by atoms with Crippen molar-refractivity contribution in [2.75, 3.05) is 0 Å². The van der Waals surface area contributed by atoms with Gasteiger partial charge >= 0.3 is 5.97 Å². The number of amides is 2. The summed E-state index contributed by atoms with van der Waals surface area (Å²) in [6, 6.07) is 25.2. The van der Waals surface area contributed by atoms with Crippen molar-refractivity contribution in [1.82, 2.24) is 15.6 Å². The monoisotopic (exact) mass is 523 g/mol. The fraction of sp³-hybridized carbons (Fsp3) is 0.0333. The SMILES string of the molecule is O=C(O)/C(=C/c1ccc2ccccc2c1)NC(=O)c1ccc(C(=O)NCc2cccc3[nH]ccc23)cc1Cl. The quantitative estimate of drug-likeness (QED) is 0.203. The number of hydrogen-bond acceptors (Lipinski definition) is 3. The molecule has 0 radical (unpaired) electrons. The second-order valence-corrected chi connectivity index (χ2v) is 9.06. The Balaban J connectivity index is 1.29. The van der Waals surface area contributed by atoms with E-state index in [9.17, 15) is 19.5 Å². The van der Waals surface area contributed by atoms with Crippen LogP contribution in [0.2, 0.25) is 5.02 Å². The maximum Gasteiger partial charge on any atom is 0.352 e. The number of benzene rings is 4. The summed E-state index contributed by atoms with van der Waals surface area (Å²) in [6.07, 6.45) is 3.22. The Labute approximate surface area is 222 Å². The van der Waals surface area contributed by atoms with Gasteiger partial charge in [-0.2, -0.15) is 0 Å². The first-order chi connectivity index (χ1) is 18.4. The highest BCUT2D eigenvalue weighted by Gasteiger charge is 2.18. The number of H-pyrrole nitrogens is 1. The molecular formula is C30H22ClN3O4. The number of aromatic amines is 1. The molecular weight excluding hydrogens is 502 g/mol. The number of nitrogens with one attached hydrogen (secondary N) is 3. The van der Waals surface area contributed by atoms with E-state index in [0.29, 0.717) is 12.1 Å². The van der Waals surface area contributed by atoms with Crippen LogP contribution in [-0.4, -0.2) is 27.9 Å². The first-order valence-corrected chi connectivity index (χ1v) is 12.1. The Bertz CT molecular complexity index is 1740. The number of carboxylic acid groups (broad SMARTS) is 1. The van der Waals surface area contributed by atoms with E-state index in [1.807, 2.05) is 66.9 Å². The molecule has 4 N–H and O–H groups in total. The van der Waals surface area contributed by atoms with E-state index in [1.165, 1.54) is 24.3 Å². The summed E-state index contributed by atoms with van der Waals surface area (Å²) in [5, 5.41) is 17.9. The van der Waals surface area contributed by atoms with Gasteiger partial charge in [-0.05, 0) is 64.4 Å². The van der Waals surface area contributed by atoms with Crippen LogP contribution in [0.1, 0.15) is 31.8 Å². The van der Waals surface area contributed by atoms with Gasteiger partial charge in [0.25, 0.3) is 11.8 Å². The van der Waals surface area contributed by atoms with Gasteiger partial charge in [0.2, 0.25) is 0 Å². The van der Waals surface area contributed by atoms with Crippen LogP contribution in [0.5, 0.6) is 0 Å². The molecule has 0 bridgehead atoms. The van der Waals surface area contributed by atoms with Crippen LogP contribution < -0.4 is 10.6 Å². The van der Waals surface area contributed by atoms with Gasteiger partial charge in [0.1, 0.15) is 5.70 Å². The molecule has 5 aromatic rings. The number of halogens is 1. The molecule has 0 aliphatic heterocycles. The molecule has 4 aromatic carbocycles. The Morgan fingerprint density at radius 3 is 2.47 bits per heavy atom. The number of hydrogen-bond donors (Lipinski definition) is 4. The van der Waals surface area contributed by atoms with Gasteiger partial charge in [-0.3, -0.25) is 9.59 Å². The van der Waals surface area contributed by atoms with Gasteiger partial charge in [0.15, 0.2) is 0 Å². The number of carbonyl (C=O) groups is 3. The molecule has 1 heterocycles. The van der Waals surface area contributed by atoms with Crippen molar-refractivity contribution in [1.29, 1.82) is 0 Å². The van der Waals surface area contributed by atoms with Crippen LogP contribution in [0.15, 0.2) is 96.8 Å². The van der Waals surface area contributed by atoms with Gasteiger partial charge in [0.05, 0.1) is 10.6 Å². The maximum absolute atomic E-state index is 12.9. The predicted octanol–water partition coefficient (Wildman–Crippen LogP) is 5.76. The third-order valence-electron chi connectivity index (χ3n) is 6.16. The highest BCUT2D eigenvalue weighted by atomic mass is 35.5. The highest BCUT2D eigenvalue weighted by molar-refractivity contribution is 6.34. The lowest BCUT2D eigenvalue weighted by atomic mass is 10.1. The first kappa shape index (κ1) is 24.8. The van der Waals surface area contributed by atoms with Crippen LogP contribution in [0, 0.1) is 0 Å². The lowest BCUT2D eigenvalue weighted by molar-refractivity contribution is -0.132. The van der Waals surface area contributed by atoms with E-state index in [4.69, 9.17) is 11.6 Å². The summed E-state index contributed by atoms with van der Waals surface area (Å²) in [5.41, 5.74) is 2.57. The molecule has 38 heavy (non-hydrogen) atoms. The molecule has 7 nitrogen and oxygen atoms in total. The zero-order valence-electron chi connectivity index (χ0n) is 20.0. The lowest BCUT2D eigenvalue weighted by Gasteiger charge is -2.10. The molecule has 0 saturated heterocycles. The van der Waals surface area contributed by atoms with Gasteiger partial charge < -0.3 is 20.7 Å². The fourth-order valence-electron chi connectivity index (χ4n) is 4.23.